The van der Waals surface area contributed by atoms with Crippen LogP contribution >= 0.6 is 0 Å². The monoisotopic (exact) mass is 150 g/mol. The number of hydrogen-bond donors (Lipinski definition) is 0. The van der Waals surface area contributed by atoms with E-state index in [-0.39, 0.29) is 18.9 Å². The van der Waals surface area contributed by atoms with Crippen molar-refractivity contribution in [3.05, 3.63) is 41.0 Å². The zero-order valence-corrected chi connectivity index (χ0v) is 7.89. The summed E-state index contributed by atoms with van der Waals surface area (Å²) in [6.07, 6.45) is 5.39. The van der Waals surface area contributed by atoms with Gasteiger partial charge in [0.2, 0.25) is 0 Å². The molecule has 0 aliphatic heterocycles. The number of fused-ring (bicyclic) bond motifs is 1. The molecule has 0 radical (unpaired) electrons. The molecule has 0 amide bonds. The van der Waals surface area contributed by atoms with Crippen LogP contribution in [-0.2, 0) is 0 Å². The molecule has 1 aromatic carbocycles. The SMILES string of the molecule is Cc1cccc2c1C(C)[C-]=C2.[Li+]. The first kappa shape index (κ1) is 9.64. The van der Waals surface area contributed by atoms with Crippen molar-refractivity contribution < 1.29 is 18.9 Å². The number of hydrogen-bond acceptors (Lipinski definition) is 0. The van der Waals surface area contributed by atoms with E-state index in [0.29, 0.717) is 5.92 Å². The molecule has 1 aliphatic rings. The van der Waals surface area contributed by atoms with Gasteiger partial charge in [-0.1, -0.05) is 30.5 Å². The van der Waals surface area contributed by atoms with Gasteiger partial charge in [-0.15, -0.1) is 11.6 Å². The second-order valence-corrected chi connectivity index (χ2v) is 3.11. The first-order valence-corrected chi connectivity index (χ1v) is 3.98. The second kappa shape index (κ2) is 3.52. The molecule has 0 spiro atoms. The normalized spacial score (nSPS) is 18.7. The Morgan fingerprint density at radius 1 is 1.33 bits per heavy atom. The molecule has 0 N–H and O–H groups in total. The van der Waals surface area contributed by atoms with Gasteiger partial charge in [0.1, 0.15) is 0 Å². The van der Waals surface area contributed by atoms with Crippen LogP contribution in [0.15, 0.2) is 18.2 Å². The van der Waals surface area contributed by atoms with Crippen molar-refractivity contribution in [1.82, 2.24) is 0 Å². The minimum atomic E-state index is 0. The average Bonchev–Trinajstić information content (AvgIpc) is 2.34. The molecule has 0 saturated heterocycles. The largest absolute Gasteiger partial charge is 1.00 e. The summed E-state index contributed by atoms with van der Waals surface area (Å²) >= 11 is 0. The van der Waals surface area contributed by atoms with Gasteiger partial charge in [-0.2, -0.15) is 5.56 Å². The standard InChI is InChI=1S/C11H11.Li/c1-8-4-3-5-10-7-6-9(2)11(8)10;/h3-5,7,9H,1-2H3;/q-1;+1. The Labute approximate surface area is 85.9 Å². The van der Waals surface area contributed by atoms with Gasteiger partial charge in [-0.05, 0) is 6.92 Å². The molecule has 0 saturated carbocycles. The van der Waals surface area contributed by atoms with Crippen LogP contribution in [0.1, 0.15) is 29.5 Å². The number of allylic oxidation sites excluding steroid dienone is 1. The van der Waals surface area contributed by atoms with Gasteiger partial charge in [0, 0.05) is 0 Å². The second-order valence-electron chi connectivity index (χ2n) is 3.11. The number of rotatable bonds is 0. The van der Waals surface area contributed by atoms with E-state index >= 15 is 0 Å². The van der Waals surface area contributed by atoms with Crippen molar-refractivity contribution in [3.8, 4) is 0 Å². The van der Waals surface area contributed by atoms with Crippen molar-refractivity contribution in [2.24, 2.45) is 0 Å². The molecule has 12 heavy (non-hydrogen) atoms. The molecule has 2 rings (SSSR count). The van der Waals surface area contributed by atoms with E-state index < -0.39 is 0 Å². The van der Waals surface area contributed by atoms with E-state index in [4.69, 9.17) is 0 Å². The Hall–Kier alpha value is -0.443. The van der Waals surface area contributed by atoms with Gasteiger partial charge in [0.15, 0.2) is 0 Å². The maximum absolute atomic E-state index is 3.30. The topological polar surface area (TPSA) is 0 Å². The summed E-state index contributed by atoms with van der Waals surface area (Å²) in [5, 5.41) is 0. The third kappa shape index (κ3) is 1.38. The van der Waals surface area contributed by atoms with Gasteiger partial charge in [-0.3, -0.25) is 6.08 Å². The summed E-state index contributed by atoms with van der Waals surface area (Å²) in [4.78, 5) is 0. The first-order valence-electron chi connectivity index (χ1n) is 3.98. The van der Waals surface area contributed by atoms with Crippen LogP contribution in [0.25, 0.3) is 6.08 Å². The molecule has 0 fully saturated rings. The Morgan fingerprint density at radius 3 is 2.75 bits per heavy atom. The van der Waals surface area contributed by atoms with Crippen molar-refractivity contribution >= 4 is 6.08 Å². The number of aryl methyl sites for hydroxylation is 1. The van der Waals surface area contributed by atoms with Gasteiger partial charge < -0.3 is 0 Å². The Bertz CT molecular complexity index is 313. The summed E-state index contributed by atoms with van der Waals surface area (Å²) in [5.74, 6) is 0.492. The molecular formula is C11H11Li. The maximum atomic E-state index is 3.30. The molecule has 1 aliphatic carbocycles. The van der Waals surface area contributed by atoms with Crippen molar-refractivity contribution in [1.29, 1.82) is 0 Å². The van der Waals surface area contributed by atoms with Crippen LogP contribution in [0.3, 0.4) is 0 Å². The van der Waals surface area contributed by atoms with Crippen molar-refractivity contribution in [3.63, 3.8) is 0 Å². The summed E-state index contributed by atoms with van der Waals surface area (Å²) < 4.78 is 0. The average molecular weight is 150 g/mol. The first-order chi connectivity index (χ1) is 5.29. The quantitative estimate of drug-likeness (QED) is 0.359. The third-order valence-electron chi connectivity index (χ3n) is 2.28. The van der Waals surface area contributed by atoms with E-state index in [9.17, 15) is 0 Å². The van der Waals surface area contributed by atoms with E-state index in [0.717, 1.165) is 0 Å². The van der Waals surface area contributed by atoms with Crippen molar-refractivity contribution in [2.75, 3.05) is 0 Å². The maximum Gasteiger partial charge on any atom is 1.00 e. The van der Waals surface area contributed by atoms with Crippen LogP contribution in [0.5, 0.6) is 0 Å². The van der Waals surface area contributed by atoms with E-state index in [1.165, 1.54) is 16.7 Å². The molecular weight excluding hydrogens is 139 g/mol. The van der Waals surface area contributed by atoms with Crippen LogP contribution in [0.2, 0.25) is 0 Å². The van der Waals surface area contributed by atoms with Gasteiger partial charge in [0.25, 0.3) is 0 Å². The molecule has 0 bridgehead atoms. The van der Waals surface area contributed by atoms with E-state index in [1.807, 2.05) is 0 Å². The van der Waals surface area contributed by atoms with E-state index in [2.05, 4.69) is 44.2 Å². The smallest absolute Gasteiger partial charge is 0.269 e. The zero-order valence-electron chi connectivity index (χ0n) is 7.89. The fraction of sp³-hybridized carbons (Fsp3) is 0.273. The predicted molar refractivity (Wildman–Crippen MR) is 47.3 cm³/mol. The van der Waals surface area contributed by atoms with Crippen LogP contribution in [-0.4, -0.2) is 0 Å². The molecule has 56 valence electrons. The molecule has 1 aromatic rings. The summed E-state index contributed by atoms with van der Waals surface area (Å²) in [6, 6.07) is 6.42. The Balaban J connectivity index is 0.000000720. The Morgan fingerprint density at radius 2 is 2.08 bits per heavy atom. The number of benzene rings is 1. The summed E-state index contributed by atoms with van der Waals surface area (Å²) in [7, 11) is 0. The minimum Gasteiger partial charge on any atom is -0.269 e. The summed E-state index contributed by atoms with van der Waals surface area (Å²) in [5.41, 5.74) is 4.18. The fourth-order valence-electron chi connectivity index (χ4n) is 1.72. The Kier molecular flexibility index (Phi) is 2.83. The zero-order chi connectivity index (χ0) is 7.84. The van der Waals surface area contributed by atoms with Crippen LogP contribution < -0.4 is 18.9 Å². The predicted octanol–water partition coefficient (Wildman–Crippen LogP) is -0.0675. The van der Waals surface area contributed by atoms with Crippen LogP contribution in [0.4, 0.5) is 0 Å². The summed E-state index contributed by atoms with van der Waals surface area (Å²) in [6.45, 7) is 4.35. The molecule has 1 atom stereocenters. The van der Waals surface area contributed by atoms with E-state index in [1.54, 1.807) is 0 Å². The third-order valence-corrected chi connectivity index (χ3v) is 2.28. The molecule has 0 nitrogen and oxygen atoms in total. The van der Waals surface area contributed by atoms with Gasteiger partial charge >= 0.3 is 18.9 Å². The molecule has 1 unspecified atom stereocenters. The minimum absolute atomic E-state index is 0. The fourth-order valence-corrected chi connectivity index (χ4v) is 1.72. The molecule has 0 aromatic heterocycles. The van der Waals surface area contributed by atoms with Gasteiger partial charge in [-0.25, -0.2) is 6.08 Å². The van der Waals surface area contributed by atoms with Crippen LogP contribution in [0, 0.1) is 13.0 Å². The van der Waals surface area contributed by atoms with Crippen molar-refractivity contribution in [2.45, 2.75) is 19.8 Å². The molecule has 0 heterocycles. The van der Waals surface area contributed by atoms with Gasteiger partial charge in [0.05, 0.1) is 0 Å². The molecule has 1 heteroatoms.